The van der Waals surface area contributed by atoms with Crippen molar-refractivity contribution in [2.45, 2.75) is 24.3 Å². The number of hydrogen-bond acceptors (Lipinski definition) is 4. The molecule has 1 aromatic rings. The smallest absolute Gasteiger partial charge is 0.311 e. The van der Waals surface area contributed by atoms with Gasteiger partial charge in [0.1, 0.15) is 0 Å². The molecule has 9 heteroatoms. The summed E-state index contributed by atoms with van der Waals surface area (Å²) in [6.07, 6.45) is 3.38. The lowest BCUT2D eigenvalue weighted by Crippen LogP contribution is -2.37. The average molecular weight is 334 g/mol. The molecule has 1 aliphatic carbocycles. The van der Waals surface area contributed by atoms with Crippen molar-refractivity contribution < 1.29 is 18.3 Å². The molecule has 0 bridgehead atoms. The Morgan fingerprint density at radius 2 is 2.29 bits per heavy atom. The summed E-state index contributed by atoms with van der Waals surface area (Å²) in [6.45, 7) is 0.243. The molecule has 0 radical (unpaired) electrons. The lowest BCUT2D eigenvalue weighted by molar-refractivity contribution is -0.149. The van der Waals surface area contributed by atoms with Crippen molar-refractivity contribution >= 4 is 27.6 Å². The van der Waals surface area contributed by atoms with Gasteiger partial charge >= 0.3 is 5.97 Å². The van der Waals surface area contributed by atoms with Crippen LogP contribution in [-0.4, -0.2) is 46.7 Å². The fourth-order valence-corrected chi connectivity index (χ4v) is 5.75. The third-order valence-electron chi connectivity index (χ3n) is 4.69. The van der Waals surface area contributed by atoms with Crippen molar-refractivity contribution in [3.05, 3.63) is 11.2 Å². The predicted octanol–water partition coefficient (Wildman–Crippen LogP) is 0.949. The van der Waals surface area contributed by atoms with Crippen LogP contribution in [-0.2, 0) is 21.9 Å². The number of sulfonamides is 1. The van der Waals surface area contributed by atoms with E-state index in [0.717, 1.165) is 12.8 Å². The molecule has 2 atom stereocenters. The van der Waals surface area contributed by atoms with E-state index in [1.807, 2.05) is 0 Å². The quantitative estimate of drug-likeness (QED) is 0.889. The maximum Gasteiger partial charge on any atom is 0.311 e. The van der Waals surface area contributed by atoms with Crippen LogP contribution in [0.2, 0.25) is 5.02 Å². The molecule has 7 nitrogen and oxygen atoms in total. The van der Waals surface area contributed by atoms with Gasteiger partial charge in [-0.1, -0.05) is 18.0 Å². The summed E-state index contributed by atoms with van der Waals surface area (Å²) in [6, 6.07) is 0. The van der Waals surface area contributed by atoms with Crippen LogP contribution < -0.4 is 0 Å². The summed E-state index contributed by atoms with van der Waals surface area (Å²) in [5.41, 5.74) is -0.946. The molecule has 1 saturated carbocycles. The fraction of sp³-hybridized carbons (Fsp3) is 0.667. The number of hydrogen-bond donors (Lipinski definition) is 1. The Kier molecular flexibility index (Phi) is 3.30. The summed E-state index contributed by atoms with van der Waals surface area (Å²) >= 11 is 5.92. The average Bonchev–Trinajstić information content (AvgIpc) is 3.01. The van der Waals surface area contributed by atoms with Crippen LogP contribution >= 0.6 is 11.6 Å². The van der Waals surface area contributed by atoms with Gasteiger partial charge in [-0.2, -0.15) is 9.40 Å². The van der Waals surface area contributed by atoms with Gasteiger partial charge in [-0.05, 0) is 18.8 Å². The van der Waals surface area contributed by atoms with E-state index in [4.69, 9.17) is 11.6 Å². The van der Waals surface area contributed by atoms with Crippen LogP contribution in [0.1, 0.15) is 19.3 Å². The Labute approximate surface area is 127 Å². The molecule has 0 unspecified atom stereocenters. The van der Waals surface area contributed by atoms with Crippen molar-refractivity contribution in [2.24, 2.45) is 18.4 Å². The molecule has 1 N–H and O–H groups in total. The van der Waals surface area contributed by atoms with Gasteiger partial charge < -0.3 is 5.11 Å². The minimum absolute atomic E-state index is 0.0108. The fourth-order valence-electron chi connectivity index (χ4n) is 3.59. The van der Waals surface area contributed by atoms with Gasteiger partial charge in [-0.15, -0.1) is 0 Å². The number of aliphatic carboxylic acids is 1. The van der Waals surface area contributed by atoms with Gasteiger partial charge in [0, 0.05) is 20.1 Å². The second kappa shape index (κ2) is 4.69. The van der Waals surface area contributed by atoms with E-state index < -0.39 is 21.4 Å². The standard InChI is InChI=1S/C12H16ClN3O4S/c1-15-10(9(13)5-14-15)21(19,20)16-6-8-3-2-4-12(8,7-16)11(17)18/h5,8H,2-4,6-7H2,1H3,(H,17,18)/t8-,12+/m0/s1. The van der Waals surface area contributed by atoms with E-state index in [-0.39, 0.29) is 29.1 Å². The Bertz CT molecular complexity index is 682. The van der Waals surface area contributed by atoms with Gasteiger partial charge in [0.05, 0.1) is 16.6 Å². The topological polar surface area (TPSA) is 92.5 Å². The lowest BCUT2D eigenvalue weighted by atomic mass is 9.81. The number of carbonyl (C=O) groups is 1. The van der Waals surface area contributed by atoms with Crippen LogP contribution in [0.15, 0.2) is 11.2 Å². The summed E-state index contributed by atoms with van der Waals surface area (Å²) in [4.78, 5) is 11.6. The number of aromatic nitrogens is 2. The van der Waals surface area contributed by atoms with Gasteiger partial charge in [0.25, 0.3) is 10.0 Å². The molecule has 1 aromatic heterocycles. The van der Waals surface area contributed by atoms with Crippen LogP contribution in [0, 0.1) is 11.3 Å². The van der Waals surface area contributed by atoms with Crippen LogP contribution in [0.4, 0.5) is 0 Å². The number of carboxylic acid groups (broad SMARTS) is 1. The van der Waals surface area contributed by atoms with Crippen molar-refractivity contribution in [3.63, 3.8) is 0 Å². The zero-order valence-corrected chi connectivity index (χ0v) is 13.1. The molecule has 1 saturated heterocycles. The maximum atomic E-state index is 12.7. The van der Waals surface area contributed by atoms with E-state index in [9.17, 15) is 18.3 Å². The van der Waals surface area contributed by atoms with Crippen LogP contribution in [0.25, 0.3) is 0 Å². The first kappa shape index (κ1) is 14.8. The molecular formula is C12H16ClN3O4S. The number of nitrogens with zero attached hydrogens (tertiary/aromatic N) is 3. The molecule has 1 aliphatic heterocycles. The summed E-state index contributed by atoms with van der Waals surface area (Å²) < 4.78 is 27.9. The number of aryl methyl sites for hydroxylation is 1. The second-order valence-electron chi connectivity index (χ2n) is 5.77. The first-order valence-electron chi connectivity index (χ1n) is 6.70. The van der Waals surface area contributed by atoms with E-state index in [1.54, 1.807) is 0 Å². The summed E-state index contributed by atoms with van der Waals surface area (Å²) in [5, 5.41) is 13.3. The van der Waals surface area contributed by atoms with E-state index >= 15 is 0 Å². The third-order valence-corrected chi connectivity index (χ3v) is 7.01. The van der Waals surface area contributed by atoms with E-state index in [2.05, 4.69) is 5.10 Å². The molecular weight excluding hydrogens is 318 g/mol. The monoisotopic (exact) mass is 333 g/mol. The largest absolute Gasteiger partial charge is 0.481 e. The second-order valence-corrected chi connectivity index (χ2v) is 8.03. The zero-order valence-electron chi connectivity index (χ0n) is 11.5. The molecule has 0 aromatic carbocycles. The van der Waals surface area contributed by atoms with E-state index in [0.29, 0.717) is 6.42 Å². The highest BCUT2D eigenvalue weighted by Crippen LogP contribution is 2.50. The van der Waals surface area contributed by atoms with Crippen molar-refractivity contribution in [2.75, 3.05) is 13.1 Å². The van der Waals surface area contributed by atoms with E-state index in [1.165, 1.54) is 22.2 Å². The first-order chi connectivity index (χ1) is 9.79. The van der Waals surface area contributed by atoms with Crippen LogP contribution in [0.3, 0.4) is 0 Å². The predicted molar refractivity (Wildman–Crippen MR) is 74.4 cm³/mol. The van der Waals surface area contributed by atoms with Gasteiger partial charge in [-0.3, -0.25) is 9.48 Å². The highest BCUT2D eigenvalue weighted by Gasteiger charge is 2.57. The lowest BCUT2D eigenvalue weighted by Gasteiger charge is -2.23. The Morgan fingerprint density at radius 3 is 2.81 bits per heavy atom. The molecule has 2 aliphatic rings. The van der Waals surface area contributed by atoms with Crippen molar-refractivity contribution in [1.82, 2.24) is 14.1 Å². The molecule has 2 fully saturated rings. The minimum atomic E-state index is -3.83. The minimum Gasteiger partial charge on any atom is -0.481 e. The Balaban J connectivity index is 1.98. The Morgan fingerprint density at radius 1 is 1.57 bits per heavy atom. The van der Waals surface area contributed by atoms with Gasteiger partial charge in [0.2, 0.25) is 0 Å². The molecule has 116 valence electrons. The molecule has 2 heterocycles. The maximum absolute atomic E-state index is 12.7. The summed E-state index contributed by atoms with van der Waals surface area (Å²) in [5.74, 6) is -1.03. The van der Waals surface area contributed by atoms with Crippen LogP contribution in [0.5, 0.6) is 0 Å². The SMILES string of the molecule is Cn1ncc(Cl)c1S(=O)(=O)N1C[C@@H]2CCC[C@@]2(C(=O)O)C1. The molecule has 21 heavy (non-hydrogen) atoms. The molecule has 0 spiro atoms. The number of carboxylic acids is 1. The van der Waals surface area contributed by atoms with Crippen molar-refractivity contribution in [3.8, 4) is 0 Å². The zero-order chi connectivity index (χ0) is 15.4. The number of fused-ring (bicyclic) bond motifs is 1. The molecule has 3 rings (SSSR count). The normalized spacial score (nSPS) is 29.7. The van der Waals surface area contributed by atoms with Crippen molar-refractivity contribution in [1.29, 1.82) is 0 Å². The first-order valence-corrected chi connectivity index (χ1v) is 8.52. The van der Waals surface area contributed by atoms with Gasteiger partial charge in [0.15, 0.2) is 5.03 Å². The third kappa shape index (κ3) is 2.00. The number of halogens is 1. The van der Waals surface area contributed by atoms with Gasteiger partial charge in [-0.25, -0.2) is 8.42 Å². The number of rotatable bonds is 3. The highest BCUT2D eigenvalue weighted by atomic mass is 35.5. The molecule has 0 amide bonds. The summed E-state index contributed by atoms with van der Waals surface area (Å²) in [7, 11) is -2.33. The highest BCUT2D eigenvalue weighted by molar-refractivity contribution is 7.89. The Hall–Kier alpha value is -1.12.